The van der Waals surface area contributed by atoms with Crippen LogP contribution in [0, 0.1) is 12.1 Å². The van der Waals surface area contributed by atoms with E-state index in [1.807, 2.05) is 42.6 Å². The molecule has 8 aromatic rings. The second kappa shape index (κ2) is 14.8. The number of benzene rings is 4. The zero-order chi connectivity index (χ0) is 34.0. The van der Waals surface area contributed by atoms with E-state index in [-0.39, 0.29) is 37.2 Å². The summed E-state index contributed by atoms with van der Waals surface area (Å²) in [6.45, 7) is 0. The van der Waals surface area contributed by atoms with E-state index in [1.54, 1.807) is 0 Å². The molecule has 9 rings (SSSR count). The molecule has 5 heterocycles. The molecule has 2 atom stereocenters. The van der Waals surface area contributed by atoms with Gasteiger partial charge >= 0.3 is 19.5 Å². The Bertz CT molecular complexity index is 2300. The summed E-state index contributed by atoms with van der Waals surface area (Å²) in [7, 11) is 0. The average molecular weight is 754 g/mol. The van der Waals surface area contributed by atoms with Crippen molar-refractivity contribution in [1.29, 1.82) is 0 Å². The van der Waals surface area contributed by atoms with Gasteiger partial charge in [0.1, 0.15) is 0 Å². The molecule has 248 valence electrons. The summed E-state index contributed by atoms with van der Waals surface area (Å²) in [4.78, 5) is 21.1. The maximum absolute atomic E-state index is 5.48. The minimum atomic E-state index is -0.280. The van der Waals surface area contributed by atoms with E-state index in [2.05, 4.69) is 146 Å². The monoisotopic (exact) mass is 754 g/mol. The zero-order valence-electron chi connectivity index (χ0n) is 28.1. The summed E-state index contributed by atoms with van der Waals surface area (Å²) in [5.41, 5.74) is 12.8. The molecule has 4 aromatic heterocycles. The Labute approximate surface area is 317 Å². The van der Waals surface area contributed by atoms with E-state index in [0.717, 1.165) is 73.2 Å². The van der Waals surface area contributed by atoms with Crippen molar-refractivity contribution in [2.75, 3.05) is 0 Å². The van der Waals surface area contributed by atoms with Gasteiger partial charge in [0.15, 0.2) is 0 Å². The Balaban J connectivity index is 0.00000387. The van der Waals surface area contributed by atoms with Crippen molar-refractivity contribution in [3.63, 3.8) is 0 Å². The average Bonchev–Trinajstić information content (AvgIpc) is 3.20. The standard InChI is InChI=1S/C47H32N4.Ru/c1-3-14-32(15-4-1)34-18-9-20-36(30-34)45-39-23-11-24-40(49-39)46(37-21-10-19-35(31-37)33-16-5-2-6-17-33)42-26-13-28-44(51-42)47(38-22-7-8-29-48-38)43-27-12-25-41(45)50-43;/h1-19,22-31,45-47H;/q-2;+2. The number of pyridine rings is 4. The third kappa shape index (κ3) is 6.52. The van der Waals surface area contributed by atoms with Crippen molar-refractivity contribution in [3.8, 4) is 22.3 Å². The van der Waals surface area contributed by atoms with Crippen LogP contribution in [-0.4, -0.2) is 19.9 Å². The van der Waals surface area contributed by atoms with Crippen LogP contribution in [0.3, 0.4) is 0 Å². The van der Waals surface area contributed by atoms with Gasteiger partial charge in [0.2, 0.25) is 0 Å². The van der Waals surface area contributed by atoms with E-state index in [0.29, 0.717) is 0 Å². The summed E-state index contributed by atoms with van der Waals surface area (Å²) >= 11 is 0. The van der Waals surface area contributed by atoms with E-state index in [1.165, 1.54) is 0 Å². The Morgan fingerprint density at radius 1 is 0.346 bits per heavy atom. The van der Waals surface area contributed by atoms with Crippen LogP contribution < -0.4 is 0 Å². The van der Waals surface area contributed by atoms with Crippen molar-refractivity contribution < 1.29 is 19.5 Å². The van der Waals surface area contributed by atoms with Crippen molar-refractivity contribution in [1.82, 2.24) is 19.9 Å². The van der Waals surface area contributed by atoms with Gasteiger partial charge in [0.25, 0.3) is 0 Å². The topological polar surface area (TPSA) is 51.6 Å². The molecule has 0 amide bonds. The second-order valence-corrected chi connectivity index (χ2v) is 12.8. The SMILES string of the molecule is [Ru+2].[c-]1ccc(-c2ccccc2)cc1C1c2cccc(n2)C(c2[c-]ccc(-c3ccccc3)c2)c2cccc(n2)C(c2ccccn2)c2cccc1n2. The first kappa shape index (κ1) is 33.3. The molecular weight excluding hydrogens is 722 g/mol. The molecule has 0 saturated heterocycles. The van der Waals surface area contributed by atoms with Crippen molar-refractivity contribution in [2.45, 2.75) is 17.8 Å². The van der Waals surface area contributed by atoms with Crippen LogP contribution in [0.5, 0.6) is 0 Å². The quantitative estimate of drug-likeness (QED) is 0.130. The van der Waals surface area contributed by atoms with E-state index in [9.17, 15) is 0 Å². The molecule has 1 aliphatic rings. The van der Waals surface area contributed by atoms with Crippen LogP contribution in [0.25, 0.3) is 22.3 Å². The van der Waals surface area contributed by atoms with Gasteiger partial charge in [-0.2, -0.15) is 48.5 Å². The third-order valence-electron chi connectivity index (χ3n) is 9.62. The molecule has 4 aromatic carbocycles. The first-order valence-electron chi connectivity index (χ1n) is 17.2. The van der Waals surface area contributed by atoms with Gasteiger partial charge in [-0.3, -0.25) is 19.9 Å². The molecule has 0 aliphatic carbocycles. The number of rotatable bonds is 5. The molecular formula is C47H32N4Ru. The molecule has 52 heavy (non-hydrogen) atoms. The number of hydrogen-bond acceptors (Lipinski definition) is 4. The van der Waals surface area contributed by atoms with Crippen LogP contribution in [-0.2, 0) is 19.5 Å². The number of hydrogen-bond donors (Lipinski definition) is 0. The van der Waals surface area contributed by atoms with Gasteiger partial charge in [0.05, 0.1) is 45.8 Å². The van der Waals surface area contributed by atoms with Gasteiger partial charge in [-0.05, 0) is 59.7 Å². The first-order chi connectivity index (χ1) is 25.3. The number of nitrogens with zero attached hydrogens (tertiary/aromatic N) is 4. The van der Waals surface area contributed by atoms with E-state index < -0.39 is 0 Å². The van der Waals surface area contributed by atoms with Gasteiger partial charge in [-0.25, -0.2) is 0 Å². The molecule has 5 heteroatoms. The summed E-state index contributed by atoms with van der Waals surface area (Å²) in [5, 5.41) is 0. The van der Waals surface area contributed by atoms with Gasteiger partial charge in [-0.1, -0.05) is 84.9 Å². The fourth-order valence-electron chi connectivity index (χ4n) is 7.24. The largest absolute Gasteiger partial charge is 2.00 e. The van der Waals surface area contributed by atoms with E-state index in [4.69, 9.17) is 19.9 Å². The van der Waals surface area contributed by atoms with E-state index >= 15 is 0 Å². The Kier molecular flexibility index (Phi) is 9.44. The first-order valence-corrected chi connectivity index (χ1v) is 17.2. The van der Waals surface area contributed by atoms with Gasteiger partial charge in [0, 0.05) is 18.0 Å². The van der Waals surface area contributed by atoms with Crippen LogP contribution in [0.2, 0.25) is 0 Å². The molecule has 0 spiro atoms. The minimum Gasteiger partial charge on any atom is -0.260 e. The van der Waals surface area contributed by atoms with Gasteiger partial charge in [-0.15, -0.1) is 22.3 Å². The smallest absolute Gasteiger partial charge is 0.260 e. The van der Waals surface area contributed by atoms with Crippen molar-refractivity contribution in [3.05, 3.63) is 239 Å². The second-order valence-electron chi connectivity index (χ2n) is 12.8. The number of fused-ring (bicyclic) bond motifs is 6. The molecule has 0 N–H and O–H groups in total. The van der Waals surface area contributed by atoms with Gasteiger partial charge < -0.3 is 0 Å². The maximum atomic E-state index is 5.48. The Hall–Kier alpha value is -5.90. The summed E-state index contributed by atoms with van der Waals surface area (Å²) in [5.74, 6) is -0.828. The predicted octanol–water partition coefficient (Wildman–Crippen LogP) is 10.1. The van der Waals surface area contributed by atoms with Crippen molar-refractivity contribution in [2.24, 2.45) is 0 Å². The molecule has 0 radical (unpaired) electrons. The summed E-state index contributed by atoms with van der Waals surface area (Å²) < 4.78 is 0. The minimum absolute atomic E-state index is 0. The molecule has 1 aliphatic heterocycles. The van der Waals surface area contributed by atoms with Crippen LogP contribution in [0.15, 0.2) is 176 Å². The van der Waals surface area contributed by atoms with Crippen LogP contribution >= 0.6 is 0 Å². The maximum Gasteiger partial charge on any atom is 2.00 e. The van der Waals surface area contributed by atoms with Crippen LogP contribution in [0.1, 0.15) is 68.7 Å². The molecule has 4 nitrogen and oxygen atoms in total. The zero-order valence-corrected chi connectivity index (χ0v) is 29.9. The number of aromatic nitrogens is 4. The Morgan fingerprint density at radius 2 is 0.731 bits per heavy atom. The summed E-state index contributed by atoms with van der Waals surface area (Å²) in [6.07, 6.45) is 1.84. The predicted molar refractivity (Wildman–Crippen MR) is 201 cm³/mol. The van der Waals surface area contributed by atoms with Crippen LogP contribution in [0.4, 0.5) is 0 Å². The fourth-order valence-corrected chi connectivity index (χ4v) is 7.24. The van der Waals surface area contributed by atoms with Crippen molar-refractivity contribution >= 4 is 0 Å². The fraction of sp³-hybridized carbons (Fsp3) is 0.0638. The molecule has 6 bridgehead atoms. The summed E-state index contributed by atoms with van der Waals surface area (Å²) in [6, 6.07) is 65.7. The molecule has 0 saturated carbocycles. The Morgan fingerprint density at radius 3 is 1.13 bits per heavy atom. The molecule has 2 unspecified atom stereocenters. The molecule has 0 fully saturated rings. The normalized spacial score (nSPS) is 16.1. The third-order valence-corrected chi connectivity index (χ3v) is 9.62.